The molecule has 102 valence electrons. The molecule has 19 heavy (non-hydrogen) atoms. The Morgan fingerprint density at radius 3 is 2.63 bits per heavy atom. The van der Waals surface area contributed by atoms with Crippen LogP contribution >= 0.6 is 23.2 Å². The zero-order valence-corrected chi connectivity index (χ0v) is 11.4. The Hall–Kier alpha value is -1.30. The summed E-state index contributed by atoms with van der Waals surface area (Å²) in [5, 5.41) is 23.5. The second kappa shape index (κ2) is 5.77. The van der Waals surface area contributed by atoms with Gasteiger partial charge >= 0.3 is 0 Å². The summed E-state index contributed by atoms with van der Waals surface area (Å²) in [5.41, 5.74) is 0.211. The van der Waals surface area contributed by atoms with Gasteiger partial charge in [0, 0.05) is 24.6 Å². The van der Waals surface area contributed by atoms with Gasteiger partial charge in [0.25, 0.3) is 5.69 Å². The quantitative estimate of drug-likeness (QED) is 0.508. The van der Waals surface area contributed by atoms with Gasteiger partial charge in [-0.2, -0.15) is 0 Å². The van der Waals surface area contributed by atoms with Crippen LogP contribution in [0.3, 0.4) is 0 Å². The maximum atomic E-state index is 11.0. The number of nitro groups is 1. The molecule has 2 rings (SSSR count). The number of rotatable bonds is 4. The predicted octanol–water partition coefficient (Wildman–Crippen LogP) is 3.25. The molecule has 0 spiro atoms. The summed E-state index contributed by atoms with van der Waals surface area (Å²) in [6, 6.07) is 2.62. The van der Waals surface area contributed by atoms with Gasteiger partial charge in [0.2, 0.25) is 0 Å². The van der Waals surface area contributed by atoms with E-state index < -0.39 is 4.92 Å². The summed E-state index contributed by atoms with van der Waals surface area (Å²) in [6.07, 6.45) is 4.46. The van der Waals surface area contributed by atoms with Crippen LogP contribution in [0.2, 0.25) is 10.0 Å². The van der Waals surface area contributed by atoms with Crippen molar-refractivity contribution in [3.63, 3.8) is 0 Å². The summed E-state index contributed by atoms with van der Waals surface area (Å²) in [4.78, 5) is 10.5. The monoisotopic (exact) mass is 302 g/mol. The van der Waals surface area contributed by atoms with Gasteiger partial charge in [-0.3, -0.25) is 10.1 Å². The molecule has 0 fully saturated rings. The lowest BCUT2D eigenvalue weighted by molar-refractivity contribution is -0.384. The van der Waals surface area contributed by atoms with Gasteiger partial charge in [0.1, 0.15) is 5.69 Å². The van der Waals surface area contributed by atoms with Crippen molar-refractivity contribution in [3.8, 4) is 0 Å². The number of hydrogen-bond donors (Lipinski definition) is 2. The predicted molar refractivity (Wildman–Crippen MR) is 74.9 cm³/mol. The van der Waals surface area contributed by atoms with Crippen LogP contribution in [0.4, 0.5) is 11.4 Å². The van der Waals surface area contributed by atoms with Gasteiger partial charge in [-0.05, 0) is 12.5 Å². The molecule has 0 amide bonds. The molecule has 0 saturated carbocycles. The standard InChI is InChI=1S/C12H12Cl2N2O3/c13-9-4-11(12(16(18)19)5-10(9)14)15-8-2-1-7(3-8)6-17/h1-2,4-5,7-8,15,17H,3,6H2/t7-,8+/m0/s1. The number of halogens is 2. The third kappa shape index (κ3) is 3.18. The van der Waals surface area contributed by atoms with Crippen LogP contribution in [0.5, 0.6) is 0 Å². The van der Waals surface area contributed by atoms with Crippen molar-refractivity contribution >= 4 is 34.6 Å². The summed E-state index contributed by atoms with van der Waals surface area (Å²) in [7, 11) is 0. The number of aliphatic hydroxyl groups excluding tert-OH is 1. The first-order valence-corrected chi connectivity index (χ1v) is 6.46. The van der Waals surface area contributed by atoms with Crippen molar-refractivity contribution < 1.29 is 10.0 Å². The maximum Gasteiger partial charge on any atom is 0.293 e. The largest absolute Gasteiger partial charge is 0.396 e. The number of nitro benzene ring substituents is 1. The Morgan fingerprint density at radius 1 is 1.37 bits per heavy atom. The molecule has 2 atom stereocenters. The summed E-state index contributed by atoms with van der Waals surface area (Å²) in [5.74, 6) is 0.0827. The topological polar surface area (TPSA) is 75.4 Å². The molecule has 0 unspecified atom stereocenters. The van der Waals surface area contributed by atoms with Crippen molar-refractivity contribution in [2.75, 3.05) is 11.9 Å². The first kappa shape index (κ1) is 14.1. The van der Waals surface area contributed by atoms with E-state index in [9.17, 15) is 10.1 Å². The van der Waals surface area contributed by atoms with E-state index in [0.29, 0.717) is 12.1 Å². The fourth-order valence-electron chi connectivity index (χ4n) is 2.02. The lowest BCUT2D eigenvalue weighted by atomic mass is 10.1. The minimum atomic E-state index is -0.507. The van der Waals surface area contributed by atoms with Crippen molar-refractivity contribution in [2.24, 2.45) is 5.92 Å². The van der Waals surface area contributed by atoms with Crippen LogP contribution in [0.1, 0.15) is 6.42 Å². The molecule has 1 aromatic rings. The summed E-state index contributed by atoms with van der Waals surface area (Å²) in [6.45, 7) is 0.0676. The number of anilines is 1. The number of benzene rings is 1. The molecule has 0 bridgehead atoms. The van der Waals surface area contributed by atoms with Crippen molar-refractivity contribution in [1.29, 1.82) is 0 Å². The minimum Gasteiger partial charge on any atom is -0.396 e. The highest BCUT2D eigenvalue weighted by Crippen LogP contribution is 2.35. The SMILES string of the molecule is O=[N+]([O-])c1cc(Cl)c(Cl)cc1N[C@@H]1C=C[C@H](CO)C1. The van der Waals surface area contributed by atoms with E-state index in [1.165, 1.54) is 12.1 Å². The zero-order chi connectivity index (χ0) is 14.0. The highest BCUT2D eigenvalue weighted by atomic mass is 35.5. The molecule has 1 aliphatic carbocycles. The van der Waals surface area contributed by atoms with Crippen LogP contribution in [0.25, 0.3) is 0 Å². The van der Waals surface area contributed by atoms with E-state index in [4.69, 9.17) is 28.3 Å². The number of aliphatic hydroxyl groups is 1. The molecule has 0 aliphatic heterocycles. The fourth-order valence-corrected chi connectivity index (χ4v) is 2.34. The molecule has 5 nitrogen and oxygen atoms in total. The second-order valence-electron chi connectivity index (χ2n) is 4.35. The molecule has 0 heterocycles. The second-order valence-corrected chi connectivity index (χ2v) is 5.17. The van der Waals surface area contributed by atoms with Crippen LogP contribution in [0.15, 0.2) is 24.3 Å². The smallest absolute Gasteiger partial charge is 0.293 e. The lowest BCUT2D eigenvalue weighted by Crippen LogP contribution is -2.17. The van der Waals surface area contributed by atoms with Crippen LogP contribution in [-0.4, -0.2) is 22.7 Å². The summed E-state index contributed by atoms with van der Waals surface area (Å²) >= 11 is 11.7. The molecule has 0 aromatic heterocycles. The fraction of sp³-hybridized carbons (Fsp3) is 0.333. The minimum absolute atomic E-state index is 0.0620. The van der Waals surface area contributed by atoms with Crippen LogP contribution in [-0.2, 0) is 0 Å². The highest BCUT2D eigenvalue weighted by Gasteiger charge is 2.22. The lowest BCUT2D eigenvalue weighted by Gasteiger charge is -2.14. The Balaban J connectivity index is 2.23. The number of nitrogens with zero attached hydrogens (tertiary/aromatic N) is 1. The van der Waals surface area contributed by atoms with E-state index in [1.54, 1.807) is 0 Å². The first-order valence-electron chi connectivity index (χ1n) is 5.70. The Morgan fingerprint density at radius 2 is 2.05 bits per heavy atom. The molecule has 0 radical (unpaired) electrons. The number of nitrogens with one attached hydrogen (secondary N) is 1. The van der Waals surface area contributed by atoms with E-state index in [0.717, 1.165) is 0 Å². The Bertz CT molecular complexity index is 534. The van der Waals surface area contributed by atoms with Crippen molar-refractivity contribution in [2.45, 2.75) is 12.5 Å². The average Bonchev–Trinajstić information content (AvgIpc) is 2.81. The molecule has 1 aromatic carbocycles. The molecule has 7 heteroatoms. The Labute approximate surface area is 120 Å². The van der Waals surface area contributed by atoms with Gasteiger partial charge in [-0.15, -0.1) is 0 Å². The van der Waals surface area contributed by atoms with E-state index >= 15 is 0 Å². The van der Waals surface area contributed by atoms with Gasteiger partial charge in [0.15, 0.2) is 0 Å². The van der Waals surface area contributed by atoms with E-state index in [-0.39, 0.29) is 34.3 Å². The van der Waals surface area contributed by atoms with Crippen molar-refractivity contribution in [1.82, 2.24) is 0 Å². The third-order valence-electron chi connectivity index (χ3n) is 2.98. The van der Waals surface area contributed by atoms with Crippen LogP contribution in [0, 0.1) is 16.0 Å². The van der Waals surface area contributed by atoms with Gasteiger partial charge in [-0.1, -0.05) is 35.4 Å². The third-order valence-corrected chi connectivity index (χ3v) is 3.71. The van der Waals surface area contributed by atoms with E-state index in [2.05, 4.69) is 5.32 Å². The first-order chi connectivity index (χ1) is 9.01. The van der Waals surface area contributed by atoms with Crippen LogP contribution < -0.4 is 5.32 Å². The molecule has 0 saturated heterocycles. The zero-order valence-electron chi connectivity index (χ0n) is 9.85. The van der Waals surface area contributed by atoms with E-state index in [1.807, 2.05) is 12.2 Å². The van der Waals surface area contributed by atoms with Crippen molar-refractivity contribution in [3.05, 3.63) is 44.4 Å². The molecule has 1 aliphatic rings. The Kier molecular flexibility index (Phi) is 4.29. The normalized spacial score (nSPS) is 21.6. The molecular formula is C12H12Cl2N2O3. The van der Waals surface area contributed by atoms with Gasteiger partial charge in [-0.25, -0.2) is 0 Å². The molecular weight excluding hydrogens is 291 g/mol. The van der Waals surface area contributed by atoms with Gasteiger partial charge < -0.3 is 10.4 Å². The summed E-state index contributed by atoms with van der Waals surface area (Å²) < 4.78 is 0. The van der Waals surface area contributed by atoms with Gasteiger partial charge in [0.05, 0.1) is 15.0 Å². The number of hydrogen-bond acceptors (Lipinski definition) is 4. The highest BCUT2D eigenvalue weighted by molar-refractivity contribution is 6.42. The molecule has 2 N–H and O–H groups in total. The maximum absolute atomic E-state index is 11.0. The average molecular weight is 303 g/mol.